The first kappa shape index (κ1) is 12.7. The Morgan fingerprint density at radius 3 is 2.78 bits per heavy atom. The number of nitrogens with zero attached hydrogens (tertiary/aromatic N) is 2. The number of nitrogens with one attached hydrogen (secondary N) is 1. The molecule has 0 saturated carbocycles. The van der Waals surface area contributed by atoms with Crippen molar-refractivity contribution in [2.45, 2.75) is 11.8 Å². The van der Waals surface area contributed by atoms with Gasteiger partial charge in [0.25, 0.3) is 10.0 Å². The van der Waals surface area contributed by atoms with E-state index in [1.807, 2.05) is 0 Å². The summed E-state index contributed by atoms with van der Waals surface area (Å²) in [6.07, 6.45) is 0. The van der Waals surface area contributed by atoms with Crippen LogP contribution in [-0.2, 0) is 10.0 Å². The number of rotatable bonds is 3. The van der Waals surface area contributed by atoms with Gasteiger partial charge >= 0.3 is 0 Å². The number of sulfonamides is 1. The lowest BCUT2D eigenvalue weighted by Crippen LogP contribution is -2.15. The minimum absolute atomic E-state index is 0.00113. The highest BCUT2D eigenvalue weighted by atomic mass is 32.2. The van der Waals surface area contributed by atoms with E-state index < -0.39 is 15.8 Å². The number of aromatic nitrogens is 2. The van der Waals surface area contributed by atoms with Crippen LogP contribution in [0, 0.1) is 12.7 Å². The number of hydrogen-bond donors (Lipinski definition) is 2. The zero-order valence-electron chi connectivity index (χ0n) is 9.21. The predicted molar refractivity (Wildman–Crippen MR) is 66.3 cm³/mol. The summed E-state index contributed by atoms with van der Waals surface area (Å²) >= 11 is 1.02. The van der Waals surface area contributed by atoms with Crippen LogP contribution < -0.4 is 10.5 Å². The molecule has 0 unspecified atom stereocenters. The average molecular weight is 288 g/mol. The van der Waals surface area contributed by atoms with E-state index in [0.717, 1.165) is 17.4 Å². The molecule has 0 radical (unpaired) electrons. The summed E-state index contributed by atoms with van der Waals surface area (Å²) < 4.78 is 39.7. The molecule has 6 nitrogen and oxygen atoms in total. The fourth-order valence-corrected chi connectivity index (χ4v) is 3.32. The minimum Gasteiger partial charge on any atom is -0.399 e. The Morgan fingerprint density at radius 1 is 1.44 bits per heavy atom. The summed E-state index contributed by atoms with van der Waals surface area (Å²) in [5, 5.41) is 7.16. The second-order valence-corrected chi connectivity index (χ2v) is 5.96. The maximum atomic E-state index is 13.5. The molecule has 3 N–H and O–H groups in total. The smallest absolute Gasteiger partial charge is 0.264 e. The monoisotopic (exact) mass is 288 g/mol. The Kier molecular flexibility index (Phi) is 3.18. The van der Waals surface area contributed by atoms with Crippen molar-refractivity contribution in [2.24, 2.45) is 0 Å². The van der Waals surface area contributed by atoms with Gasteiger partial charge in [-0.1, -0.05) is 11.3 Å². The number of anilines is 2. The van der Waals surface area contributed by atoms with Gasteiger partial charge in [-0.2, -0.15) is 0 Å². The van der Waals surface area contributed by atoms with Crippen molar-refractivity contribution in [3.05, 3.63) is 29.0 Å². The third-order valence-corrected chi connectivity index (χ3v) is 4.39. The molecule has 0 bridgehead atoms. The number of halogens is 1. The van der Waals surface area contributed by atoms with E-state index in [0.29, 0.717) is 0 Å². The Balaban J connectivity index is 2.48. The maximum absolute atomic E-state index is 13.5. The molecule has 2 rings (SSSR count). The van der Waals surface area contributed by atoms with Gasteiger partial charge in [0.05, 0.1) is 4.90 Å². The normalized spacial score (nSPS) is 11.4. The van der Waals surface area contributed by atoms with E-state index in [-0.39, 0.29) is 21.3 Å². The molecule has 1 aromatic carbocycles. The number of nitrogen functional groups attached to an aromatic ring is 1. The molecule has 0 aliphatic rings. The van der Waals surface area contributed by atoms with Gasteiger partial charge in [-0.25, -0.2) is 12.8 Å². The topological polar surface area (TPSA) is 98.0 Å². The standard InChI is InChI=1S/C9H9FN4O2S2/c1-5-7(10)2-6(11)3-8(5)18(15,16)14-9-13-12-4-17-9/h2-4H,11H2,1H3,(H,13,14). The molecule has 96 valence electrons. The van der Waals surface area contributed by atoms with E-state index in [9.17, 15) is 12.8 Å². The minimum atomic E-state index is -3.92. The fraction of sp³-hybridized carbons (Fsp3) is 0.111. The van der Waals surface area contributed by atoms with Crippen LogP contribution in [0.4, 0.5) is 15.2 Å². The molecule has 0 atom stereocenters. The molecular formula is C9H9FN4O2S2. The van der Waals surface area contributed by atoms with E-state index >= 15 is 0 Å². The van der Waals surface area contributed by atoms with E-state index in [4.69, 9.17) is 5.73 Å². The molecular weight excluding hydrogens is 279 g/mol. The lowest BCUT2D eigenvalue weighted by molar-refractivity contribution is 0.591. The van der Waals surface area contributed by atoms with Crippen LogP contribution >= 0.6 is 11.3 Å². The average Bonchev–Trinajstić information content (AvgIpc) is 2.75. The van der Waals surface area contributed by atoms with Crippen molar-refractivity contribution in [3.8, 4) is 0 Å². The van der Waals surface area contributed by atoms with Crippen LogP contribution in [0.2, 0.25) is 0 Å². The van der Waals surface area contributed by atoms with Crippen LogP contribution in [0.5, 0.6) is 0 Å². The number of benzene rings is 1. The molecule has 0 amide bonds. The summed E-state index contributed by atoms with van der Waals surface area (Å²) in [5.41, 5.74) is 6.86. The summed E-state index contributed by atoms with van der Waals surface area (Å²) in [5.74, 6) is -0.673. The van der Waals surface area contributed by atoms with E-state index in [1.165, 1.54) is 18.5 Å². The van der Waals surface area contributed by atoms with Gasteiger partial charge in [0.2, 0.25) is 5.13 Å². The van der Waals surface area contributed by atoms with Gasteiger partial charge in [-0.15, -0.1) is 10.2 Å². The van der Waals surface area contributed by atoms with Crippen LogP contribution in [-0.4, -0.2) is 18.6 Å². The third-order valence-electron chi connectivity index (χ3n) is 2.19. The first-order valence-electron chi connectivity index (χ1n) is 4.75. The second kappa shape index (κ2) is 4.50. The van der Waals surface area contributed by atoms with Crippen molar-refractivity contribution < 1.29 is 12.8 Å². The molecule has 0 aliphatic carbocycles. The first-order valence-corrected chi connectivity index (χ1v) is 7.11. The molecule has 0 spiro atoms. The van der Waals surface area contributed by atoms with Gasteiger partial charge in [-0.05, 0) is 19.1 Å². The quantitative estimate of drug-likeness (QED) is 0.831. The first-order chi connectivity index (χ1) is 8.40. The van der Waals surface area contributed by atoms with Gasteiger partial charge in [0, 0.05) is 11.3 Å². The highest BCUT2D eigenvalue weighted by molar-refractivity contribution is 7.93. The Bertz CT molecular complexity index is 670. The zero-order valence-corrected chi connectivity index (χ0v) is 10.8. The summed E-state index contributed by atoms with van der Waals surface area (Å²) in [6, 6.07) is 2.26. The summed E-state index contributed by atoms with van der Waals surface area (Å²) in [4.78, 5) is -0.213. The van der Waals surface area contributed by atoms with Gasteiger partial charge < -0.3 is 5.73 Å². The van der Waals surface area contributed by atoms with E-state index in [1.54, 1.807) is 0 Å². The maximum Gasteiger partial charge on any atom is 0.264 e. The highest BCUT2D eigenvalue weighted by Crippen LogP contribution is 2.24. The summed E-state index contributed by atoms with van der Waals surface area (Å²) in [6.45, 7) is 1.36. The molecule has 9 heteroatoms. The van der Waals surface area contributed by atoms with Crippen LogP contribution in [0.15, 0.2) is 22.5 Å². The van der Waals surface area contributed by atoms with E-state index in [2.05, 4.69) is 14.9 Å². The Labute approximate surface area is 107 Å². The summed E-state index contributed by atoms with van der Waals surface area (Å²) in [7, 11) is -3.92. The number of hydrogen-bond acceptors (Lipinski definition) is 6. The fourth-order valence-electron chi connectivity index (χ4n) is 1.34. The SMILES string of the molecule is Cc1c(F)cc(N)cc1S(=O)(=O)Nc1nncs1. The molecule has 0 fully saturated rings. The molecule has 1 heterocycles. The van der Waals surface area contributed by atoms with Gasteiger partial charge in [0.1, 0.15) is 11.3 Å². The Morgan fingerprint density at radius 2 is 2.17 bits per heavy atom. The van der Waals surface area contributed by atoms with Gasteiger partial charge in [0.15, 0.2) is 0 Å². The van der Waals surface area contributed by atoms with Crippen LogP contribution in [0.25, 0.3) is 0 Å². The molecule has 2 aromatic rings. The van der Waals surface area contributed by atoms with Crippen molar-refractivity contribution >= 4 is 32.2 Å². The van der Waals surface area contributed by atoms with Crippen molar-refractivity contribution in [2.75, 3.05) is 10.5 Å². The van der Waals surface area contributed by atoms with Crippen molar-refractivity contribution in [1.29, 1.82) is 0 Å². The predicted octanol–water partition coefficient (Wildman–Crippen LogP) is 1.37. The lowest BCUT2D eigenvalue weighted by Gasteiger charge is -2.09. The van der Waals surface area contributed by atoms with Crippen molar-refractivity contribution in [1.82, 2.24) is 10.2 Å². The molecule has 0 saturated heterocycles. The largest absolute Gasteiger partial charge is 0.399 e. The zero-order chi connectivity index (χ0) is 13.3. The number of nitrogens with two attached hydrogens (primary N) is 1. The highest BCUT2D eigenvalue weighted by Gasteiger charge is 2.21. The third kappa shape index (κ3) is 2.41. The van der Waals surface area contributed by atoms with Crippen molar-refractivity contribution in [3.63, 3.8) is 0 Å². The molecule has 1 aromatic heterocycles. The molecule has 0 aliphatic heterocycles. The lowest BCUT2D eigenvalue weighted by atomic mass is 10.2. The Hall–Kier alpha value is -1.74. The van der Waals surface area contributed by atoms with Crippen LogP contribution in [0.3, 0.4) is 0 Å². The molecule has 18 heavy (non-hydrogen) atoms. The van der Waals surface area contributed by atoms with Crippen LogP contribution in [0.1, 0.15) is 5.56 Å². The van der Waals surface area contributed by atoms with Gasteiger partial charge in [-0.3, -0.25) is 4.72 Å². The second-order valence-electron chi connectivity index (χ2n) is 3.48.